The number of carbonyl (C=O) groups is 2. The summed E-state index contributed by atoms with van der Waals surface area (Å²) >= 11 is 0. The van der Waals surface area contributed by atoms with Gasteiger partial charge in [0.2, 0.25) is 0 Å². The van der Waals surface area contributed by atoms with Crippen molar-refractivity contribution in [3.63, 3.8) is 0 Å². The van der Waals surface area contributed by atoms with Crippen molar-refractivity contribution in [1.82, 2.24) is 4.90 Å². The number of hydrogen-bond donors (Lipinski definition) is 0. The minimum atomic E-state index is -0.716. The topological polar surface area (TPSA) is 79.6 Å². The fourth-order valence-corrected chi connectivity index (χ4v) is 2.08. The zero-order valence-corrected chi connectivity index (χ0v) is 16.5. The molecule has 0 aromatic heterocycles. The van der Waals surface area contributed by atoms with E-state index in [1.54, 1.807) is 53.7 Å². The molecule has 1 aromatic carbocycles. The molecule has 0 aliphatic carbocycles. The number of aryl methyl sites for hydroxylation is 1. The highest BCUT2D eigenvalue weighted by atomic mass is 16.6. The maximum atomic E-state index is 12.4. The van der Waals surface area contributed by atoms with Gasteiger partial charge in [-0.1, -0.05) is 12.1 Å². The number of ether oxygens (including phenoxy) is 2. The van der Waals surface area contributed by atoms with Crippen LogP contribution in [0.1, 0.15) is 59.1 Å². The predicted octanol–water partition coefficient (Wildman–Crippen LogP) is 4.66. The lowest BCUT2D eigenvalue weighted by atomic mass is 10.1. The molecule has 0 atom stereocenters. The molecule has 1 rings (SSSR count). The van der Waals surface area contributed by atoms with Crippen molar-refractivity contribution in [2.24, 2.45) is 0 Å². The quantitative estimate of drug-likeness (QED) is 0.780. The van der Waals surface area contributed by atoms with Crippen molar-refractivity contribution in [1.29, 1.82) is 5.26 Å². The third-order valence-electron chi connectivity index (χ3n) is 3.16. The Hall–Kier alpha value is -2.55. The second-order valence-electron chi connectivity index (χ2n) is 8.02. The number of rotatable bonds is 4. The Morgan fingerprint density at radius 1 is 0.962 bits per heavy atom. The SMILES string of the molecule is CC(C)(C)OC(=O)N(CCCc1ccc(C#N)cc1)C(=O)OC(C)(C)C. The molecule has 0 heterocycles. The van der Waals surface area contributed by atoms with Crippen LogP contribution in [-0.4, -0.2) is 34.8 Å². The first kappa shape index (κ1) is 21.5. The minimum Gasteiger partial charge on any atom is -0.443 e. The number of imide groups is 1. The highest BCUT2D eigenvalue weighted by Crippen LogP contribution is 2.15. The van der Waals surface area contributed by atoms with E-state index >= 15 is 0 Å². The Bertz CT molecular complexity index is 633. The Morgan fingerprint density at radius 2 is 1.42 bits per heavy atom. The van der Waals surface area contributed by atoms with E-state index in [1.165, 1.54) is 0 Å². The number of nitrogens with zero attached hydrogens (tertiary/aromatic N) is 2. The maximum absolute atomic E-state index is 12.4. The van der Waals surface area contributed by atoms with E-state index in [1.807, 2.05) is 12.1 Å². The fraction of sp³-hybridized carbons (Fsp3) is 0.550. The van der Waals surface area contributed by atoms with Crippen LogP contribution < -0.4 is 0 Å². The molecule has 1 aromatic rings. The van der Waals surface area contributed by atoms with E-state index in [0.29, 0.717) is 18.4 Å². The molecule has 0 saturated carbocycles. The Balaban J connectivity index is 2.75. The first-order valence-electron chi connectivity index (χ1n) is 8.64. The van der Waals surface area contributed by atoms with E-state index in [0.717, 1.165) is 10.5 Å². The largest absolute Gasteiger partial charge is 0.443 e. The summed E-state index contributed by atoms with van der Waals surface area (Å²) < 4.78 is 10.6. The monoisotopic (exact) mass is 360 g/mol. The van der Waals surface area contributed by atoms with Crippen molar-refractivity contribution in [2.75, 3.05) is 6.54 Å². The van der Waals surface area contributed by atoms with Crippen LogP contribution in [0.2, 0.25) is 0 Å². The number of benzene rings is 1. The molecule has 0 N–H and O–H groups in total. The molecule has 2 amide bonds. The lowest BCUT2D eigenvalue weighted by molar-refractivity contribution is 0.00130. The summed E-state index contributed by atoms with van der Waals surface area (Å²) in [5.74, 6) is 0. The van der Waals surface area contributed by atoms with Crippen molar-refractivity contribution >= 4 is 12.2 Å². The second-order valence-corrected chi connectivity index (χ2v) is 8.02. The third kappa shape index (κ3) is 8.02. The van der Waals surface area contributed by atoms with Crippen LogP contribution in [0.3, 0.4) is 0 Å². The molecule has 0 aliphatic heterocycles. The zero-order chi connectivity index (χ0) is 20.0. The number of hydrogen-bond acceptors (Lipinski definition) is 5. The fourth-order valence-electron chi connectivity index (χ4n) is 2.08. The van der Waals surface area contributed by atoms with Gasteiger partial charge in [-0.15, -0.1) is 0 Å². The number of nitriles is 1. The molecule has 6 heteroatoms. The highest BCUT2D eigenvalue weighted by Gasteiger charge is 2.30. The molecule has 0 fully saturated rings. The van der Waals surface area contributed by atoms with E-state index in [2.05, 4.69) is 6.07 Å². The molecule has 0 radical (unpaired) electrons. The van der Waals surface area contributed by atoms with Gasteiger partial charge in [0.1, 0.15) is 11.2 Å². The molecule has 0 unspecified atom stereocenters. The summed E-state index contributed by atoms with van der Waals surface area (Å²) in [7, 11) is 0. The normalized spacial score (nSPS) is 11.4. The smallest absolute Gasteiger partial charge is 0.419 e. The van der Waals surface area contributed by atoms with E-state index in [-0.39, 0.29) is 6.54 Å². The van der Waals surface area contributed by atoms with E-state index in [4.69, 9.17) is 14.7 Å². The molecular weight excluding hydrogens is 332 g/mol. The average molecular weight is 360 g/mol. The maximum Gasteiger partial charge on any atom is 0.419 e. The summed E-state index contributed by atoms with van der Waals surface area (Å²) in [6.07, 6.45) is -0.212. The molecule has 0 aliphatic rings. The van der Waals surface area contributed by atoms with Crippen molar-refractivity contribution in [3.8, 4) is 6.07 Å². The van der Waals surface area contributed by atoms with Gasteiger partial charge in [-0.3, -0.25) is 0 Å². The van der Waals surface area contributed by atoms with Crippen LogP contribution in [0.4, 0.5) is 9.59 Å². The summed E-state index contributed by atoms with van der Waals surface area (Å²) in [5, 5.41) is 8.83. The van der Waals surface area contributed by atoms with E-state index in [9.17, 15) is 9.59 Å². The second kappa shape index (κ2) is 8.70. The van der Waals surface area contributed by atoms with Crippen LogP contribution in [0.15, 0.2) is 24.3 Å². The zero-order valence-electron chi connectivity index (χ0n) is 16.5. The first-order valence-corrected chi connectivity index (χ1v) is 8.64. The van der Waals surface area contributed by atoms with Gasteiger partial charge >= 0.3 is 12.2 Å². The van der Waals surface area contributed by atoms with Gasteiger partial charge in [0.25, 0.3) is 0 Å². The highest BCUT2D eigenvalue weighted by molar-refractivity contribution is 5.88. The van der Waals surface area contributed by atoms with E-state index < -0.39 is 23.4 Å². The number of amides is 2. The van der Waals surface area contributed by atoms with Gasteiger partial charge in [0, 0.05) is 6.54 Å². The van der Waals surface area contributed by atoms with Crippen LogP contribution in [0.25, 0.3) is 0 Å². The van der Waals surface area contributed by atoms with Crippen LogP contribution in [-0.2, 0) is 15.9 Å². The predicted molar refractivity (Wildman–Crippen MR) is 98.7 cm³/mol. The molecular formula is C20H28N2O4. The van der Waals surface area contributed by atoms with Crippen LogP contribution in [0.5, 0.6) is 0 Å². The van der Waals surface area contributed by atoms with Gasteiger partial charge in [-0.2, -0.15) is 5.26 Å². The number of carbonyl (C=O) groups excluding carboxylic acids is 2. The van der Waals surface area contributed by atoms with Crippen LogP contribution in [0, 0.1) is 11.3 Å². The van der Waals surface area contributed by atoms with Crippen molar-refractivity contribution < 1.29 is 19.1 Å². The van der Waals surface area contributed by atoms with Crippen molar-refractivity contribution in [3.05, 3.63) is 35.4 Å². The standard InChI is InChI=1S/C20H28N2O4/c1-19(2,3)25-17(23)22(18(24)26-20(4,5)6)13-7-8-15-9-11-16(14-21)12-10-15/h9-12H,7-8,13H2,1-6H3. The minimum absolute atomic E-state index is 0.184. The molecule has 26 heavy (non-hydrogen) atoms. The van der Waals surface area contributed by atoms with Gasteiger partial charge in [-0.05, 0) is 72.1 Å². The molecule has 0 spiro atoms. The third-order valence-corrected chi connectivity index (χ3v) is 3.16. The summed E-state index contributed by atoms with van der Waals surface area (Å²) in [6.45, 7) is 10.7. The van der Waals surface area contributed by atoms with Crippen LogP contribution >= 0.6 is 0 Å². The molecule has 6 nitrogen and oxygen atoms in total. The Morgan fingerprint density at radius 3 is 1.81 bits per heavy atom. The van der Waals surface area contributed by atoms with Gasteiger partial charge < -0.3 is 9.47 Å². The molecule has 0 bridgehead atoms. The Labute approximate surface area is 155 Å². The first-order chi connectivity index (χ1) is 11.9. The summed E-state index contributed by atoms with van der Waals surface area (Å²) in [4.78, 5) is 25.8. The van der Waals surface area contributed by atoms with Crippen molar-refractivity contribution in [2.45, 2.75) is 65.6 Å². The van der Waals surface area contributed by atoms with Gasteiger partial charge in [-0.25, -0.2) is 14.5 Å². The van der Waals surface area contributed by atoms with Gasteiger partial charge in [0.05, 0.1) is 11.6 Å². The average Bonchev–Trinajstić information content (AvgIpc) is 2.48. The Kier molecular flexibility index (Phi) is 7.19. The summed E-state index contributed by atoms with van der Waals surface area (Å²) in [6, 6.07) is 9.29. The molecule has 0 saturated heterocycles. The lowest BCUT2D eigenvalue weighted by Gasteiger charge is -2.28. The lowest BCUT2D eigenvalue weighted by Crippen LogP contribution is -2.44. The molecule has 142 valence electrons. The van der Waals surface area contributed by atoms with Gasteiger partial charge in [0.15, 0.2) is 0 Å². The summed E-state index contributed by atoms with van der Waals surface area (Å²) in [5.41, 5.74) is 0.213.